The molecule has 1 aromatic heterocycles. The fourth-order valence-corrected chi connectivity index (χ4v) is 0.734. The van der Waals surface area contributed by atoms with Gasteiger partial charge in [-0.25, -0.2) is 0 Å². The molecule has 0 saturated carbocycles. The second-order valence-corrected chi connectivity index (χ2v) is 1.97. The molecule has 0 amide bonds. The highest BCUT2D eigenvalue weighted by molar-refractivity contribution is 5.60. The molecule has 0 spiro atoms. The zero-order chi connectivity index (χ0) is 6.85. The van der Waals surface area contributed by atoms with Gasteiger partial charge in [0, 0.05) is 18.8 Å². The summed E-state index contributed by atoms with van der Waals surface area (Å²) in [6.45, 7) is 3.61. The number of rotatable bonds is 1. The maximum Gasteiger partial charge on any atom is 0.110 e. The highest BCUT2D eigenvalue weighted by atomic mass is 15.0. The van der Waals surface area contributed by atoms with Gasteiger partial charge >= 0.3 is 0 Å². The van der Waals surface area contributed by atoms with Crippen molar-refractivity contribution < 1.29 is 0 Å². The van der Waals surface area contributed by atoms with Crippen LogP contribution in [0.2, 0.25) is 0 Å². The maximum absolute atomic E-state index is 5.60. The molecule has 0 aromatic carbocycles. The van der Waals surface area contributed by atoms with Crippen molar-refractivity contribution in [1.29, 1.82) is 0 Å². The highest BCUT2D eigenvalue weighted by Crippen LogP contribution is 2.11. The summed E-state index contributed by atoms with van der Waals surface area (Å²) in [7, 11) is 1.91. The van der Waals surface area contributed by atoms with Crippen LogP contribution in [0, 0.1) is 0 Å². The van der Waals surface area contributed by atoms with E-state index >= 15 is 0 Å². The standard InChI is InChI=1S/C7H10N2/c1-3-6-4-5-9(2)7(6)8/h3-5H,1,8H2,2H3. The van der Waals surface area contributed by atoms with Gasteiger partial charge in [-0.15, -0.1) is 0 Å². The third-order valence-electron chi connectivity index (χ3n) is 1.37. The first kappa shape index (κ1) is 5.95. The molecule has 2 nitrogen and oxygen atoms in total. The molecular formula is C7H10N2. The third kappa shape index (κ3) is 0.830. The number of nitrogens with two attached hydrogens (primary N) is 1. The van der Waals surface area contributed by atoms with Gasteiger partial charge in [0.2, 0.25) is 0 Å². The Kier molecular flexibility index (Phi) is 1.30. The van der Waals surface area contributed by atoms with E-state index in [0.717, 1.165) is 11.4 Å². The van der Waals surface area contributed by atoms with Gasteiger partial charge in [-0.2, -0.15) is 0 Å². The smallest absolute Gasteiger partial charge is 0.110 e. The van der Waals surface area contributed by atoms with E-state index in [0.29, 0.717) is 0 Å². The first-order valence-corrected chi connectivity index (χ1v) is 2.79. The Morgan fingerprint density at radius 3 is 2.67 bits per heavy atom. The molecular weight excluding hydrogens is 112 g/mol. The summed E-state index contributed by atoms with van der Waals surface area (Å²) < 4.78 is 1.86. The molecule has 1 heterocycles. The first-order chi connectivity index (χ1) is 4.25. The Hall–Kier alpha value is -1.18. The van der Waals surface area contributed by atoms with E-state index in [2.05, 4.69) is 6.58 Å². The number of nitrogens with zero attached hydrogens (tertiary/aromatic N) is 1. The van der Waals surface area contributed by atoms with Crippen molar-refractivity contribution in [3.8, 4) is 0 Å². The molecule has 2 N–H and O–H groups in total. The summed E-state index contributed by atoms with van der Waals surface area (Å²) in [6.07, 6.45) is 3.65. The van der Waals surface area contributed by atoms with Crippen molar-refractivity contribution in [2.45, 2.75) is 0 Å². The van der Waals surface area contributed by atoms with Crippen LogP contribution in [-0.4, -0.2) is 4.57 Å². The van der Waals surface area contributed by atoms with Crippen LogP contribution in [0.15, 0.2) is 18.8 Å². The molecule has 0 aliphatic rings. The molecule has 0 radical (unpaired) electrons. The minimum absolute atomic E-state index is 0.769. The van der Waals surface area contributed by atoms with Crippen LogP contribution < -0.4 is 5.73 Å². The number of aromatic nitrogens is 1. The number of aryl methyl sites for hydroxylation is 1. The second kappa shape index (κ2) is 1.97. The van der Waals surface area contributed by atoms with E-state index in [1.807, 2.05) is 23.9 Å². The predicted octanol–water partition coefficient (Wildman–Crippen LogP) is 1.25. The van der Waals surface area contributed by atoms with Crippen molar-refractivity contribution in [3.63, 3.8) is 0 Å². The quantitative estimate of drug-likeness (QED) is 0.597. The van der Waals surface area contributed by atoms with Crippen molar-refractivity contribution in [1.82, 2.24) is 4.57 Å². The summed E-state index contributed by atoms with van der Waals surface area (Å²) in [5.41, 5.74) is 6.60. The molecule has 0 aliphatic heterocycles. The molecule has 2 heteroatoms. The SMILES string of the molecule is C=Cc1ccn(C)c1N. The van der Waals surface area contributed by atoms with Crippen LogP contribution in [0.5, 0.6) is 0 Å². The minimum Gasteiger partial charge on any atom is -0.385 e. The van der Waals surface area contributed by atoms with Gasteiger partial charge in [-0.05, 0) is 6.07 Å². The van der Waals surface area contributed by atoms with Gasteiger partial charge in [-0.3, -0.25) is 0 Å². The maximum atomic E-state index is 5.60. The molecule has 1 rings (SSSR count). The molecule has 0 unspecified atom stereocenters. The van der Waals surface area contributed by atoms with Gasteiger partial charge in [0.25, 0.3) is 0 Å². The second-order valence-electron chi connectivity index (χ2n) is 1.97. The summed E-state index contributed by atoms with van der Waals surface area (Å²) in [5, 5.41) is 0. The zero-order valence-corrected chi connectivity index (χ0v) is 5.46. The van der Waals surface area contributed by atoms with E-state index in [1.165, 1.54) is 0 Å². The average Bonchev–Trinajstić information content (AvgIpc) is 2.15. The van der Waals surface area contributed by atoms with Crippen molar-refractivity contribution in [3.05, 3.63) is 24.4 Å². The Bertz CT molecular complexity index is 223. The van der Waals surface area contributed by atoms with Crippen molar-refractivity contribution in [2.75, 3.05) is 5.73 Å². The number of hydrogen-bond donors (Lipinski definition) is 1. The molecule has 0 aliphatic carbocycles. The molecule has 48 valence electrons. The van der Waals surface area contributed by atoms with Gasteiger partial charge < -0.3 is 10.3 Å². The predicted molar refractivity (Wildman–Crippen MR) is 39.9 cm³/mol. The van der Waals surface area contributed by atoms with E-state index in [4.69, 9.17) is 5.73 Å². The normalized spacial score (nSPS) is 9.44. The monoisotopic (exact) mass is 122 g/mol. The molecule has 1 aromatic rings. The fourth-order valence-electron chi connectivity index (χ4n) is 0.734. The topological polar surface area (TPSA) is 30.9 Å². The summed E-state index contributed by atoms with van der Waals surface area (Å²) in [4.78, 5) is 0. The lowest BCUT2D eigenvalue weighted by Crippen LogP contribution is -1.94. The van der Waals surface area contributed by atoms with E-state index in [9.17, 15) is 0 Å². The third-order valence-corrected chi connectivity index (χ3v) is 1.37. The zero-order valence-electron chi connectivity index (χ0n) is 5.46. The molecule has 0 fully saturated rings. The Morgan fingerprint density at radius 2 is 2.44 bits per heavy atom. The molecule has 0 saturated heterocycles. The Labute approximate surface area is 54.6 Å². The van der Waals surface area contributed by atoms with Crippen LogP contribution in [0.3, 0.4) is 0 Å². The number of nitrogen functional groups attached to an aromatic ring is 1. The Balaban J connectivity index is 3.18. The van der Waals surface area contributed by atoms with Crippen molar-refractivity contribution in [2.24, 2.45) is 7.05 Å². The van der Waals surface area contributed by atoms with Crippen LogP contribution in [0.4, 0.5) is 5.82 Å². The lowest BCUT2D eigenvalue weighted by molar-refractivity contribution is 0.941. The summed E-state index contributed by atoms with van der Waals surface area (Å²) >= 11 is 0. The summed E-state index contributed by atoms with van der Waals surface area (Å²) in [5.74, 6) is 0.769. The molecule has 0 bridgehead atoms. The largest absolute Gasteiger partial charge is 0.385 e. The van der Waals surface area contributed by atoms with Gasteiger partial charge in [0.15, 0.2) is 0 Å². The van der Waals surface area contributed by atoms with Gasteiger partial charge in [0.05, 0.1) is 0 Å². The number of anilines is 1. The van der Waals surface area contributed by atoms with Gasteiger partial charge in [0.1, 0.15) is 5.82 Å². The molecule has 0 atom stereocenters. The van der Waals surface area contributed by atoms with Crippen LogP contribution in [-0.2, 0) is 7.05 Å². The molecule has 9 heavy (non-hydrogen) atoms. The summed E-state index contributed by atoms with van der Waals surface area (Å²) in [6, 6.07) is 1.93. The number of hydrogen-bond acceptors (Lipinski definition) is 1. The fraction of sp³-hybridized carbons (Fsp3) is 0.143. The lowest BCUT2D eigenvalue weighted by atomic mass is 10.3. The van der Waals surface area contributed by atoms with E-state index in [-0.39, 0.29) is 0 Å². The van der Waals surface area contributed by atoms with E-state index in [1.54, 1.807) is 6.08 Å². The van der Waals surface area contributed by atoms with Crippen molar-refractivity contribution >= 4 is 11.9 Å². The van der Waals surface area contributed by atoms with Crippen LogP contribution in [0.25, 0.3) is 6.08 Å². The van der Waals surface area contributed by atoms with Crippen LogP contribution >= 0.6 is 0 Å². The van der Waals surface area contributed by atoms with Gasteiger partial charge in [-0.1, -0.05) is 12.7 Å². The Morgan fingerprint density at radius 1 is 1.78 bits per heavy atom. The van der Waals surface area contributed by atoms with E-state index < -0.39 is 0 Å². The first-order valence-electron chi connectivity index (χ1n) is 2.79. The lowest BCUT2D eigenvalue weighted by Gasteiger charge is -1.94. The average molecular weight is 122 g/mol. The highest BCUT2D eigenvalue weighted by Gasteiger charge is 1.95. The van der Waals surface area contributed by atoms with Crippen LogP contribution in [0.1, 0.15) is 5.56 Å². The minimum atomic E-state index is 0.769.